The van der Waals surface area contributed by atoms with Crippen LogP contribution in [0.4, 0.5) is 13.2 Å². The van der Waals surface area contributed by atoms with Gasteiger partial charge in [0.1, 0.15) is 18.2 Å². The third-order valence-corrected chi connectivity index (χ3v) is 7.93. The fourth-order valence-corrected chi connectivity index (χ4v) is 5.42. The summed E-state index contributed by atoms with van der Waals surface area (Å²) in [6, 6.07) is 11.4. The Kier molecular flexibility index (Phi) is 7.94. The van der Waals surface area contributed by atoms with Crippen LogP contribution in [0.25, 0.3) is 16.6 Å². The van der Waals surface area contributed by atoms with E-state index in [0.717, 1.165) is 29.9 Å². The lowest BCUT2D eigenvalue weighted by Gasteiger charge is -2.29. The smallest absolute Gasteiger partial charge is 0.335 e. The molecule has 1 N–H and O–H groups in total. The zero-order valence-electron chi connectivity index (χ0n) is 22.5. The molecule has 2 aliphatic heterocycles. The highest BCUT2D eigenvalue weighted by atomic mass is 35.5. The van der Waals surface area contributed by atoms with Crippen LogP contribution in [0, 0.1) is 17.5 Å². The van der Waals surface area contributed by atoms with Gasteiger partial charge in [-0.2, -0.15) is 0 Å². The number of halogens is 4. The maximum atomic E-state index is 15.4. The Morgan fingerprint density at radius 3 is 2.64 bits per heavy atom. The first-order valence-electron chi connectivity index (χ1n) is 13.6. The van der Waals surface area contributed by atoms with Gasteiger partial charge in [0.05, 0.1) is 35.8 Å². The van der Waals surface area contributed by atoms with Crippen molar-refractivity contribution in [2.45, 2.75) is 38.6 Å². The molecule has 0 saturated carbocycles. The van der Waals surface area contributed by atoms with Crippen molar-refractivity contribution in [3.05, 3.63) is 99.6 Å². The van der Waals surface area contributed by atoms with Gasteiger partial charge in [0, 0.05) is 35.8 Å². The van der Waals surface area contributed by atoms with Crippen LogP contribution in [-0.4, -0.2) is 51.3 Å². The van der Waals surface area contributed by atoms with Crippen LogP contribution >= 0.6 is 11.6 Å². The SMILES string of the molecule is O=C(O)c1ccc2nc(CN3CC=C(c4ccc(F)c(OCc5ccc(Cl)cc5F)c4F)CC3)n(CC3CCO3)c2c1. The van der Waals surface area contributed by atoms with Gasteiger partial charge in [-0.05, 0) is 60.9 Å². The number of carbonyl (C=O) groups is 1. The van der Waals surface area contributed by atoms with E-state index in [9.17, 15) is 18.7 Å². The Balaban J connectivity index is 1.19. The minimum atomic E-state index is -1.00. The largest absolute Gasteiger partial charge is 0.483 e. The number of ether oxygens (including phenoxy) is 2. The number of aromatic carboxylic acids is 1. The predicted octanol–water partition coefficient (Wildman–Crippen LogP) is 6.46. The molecule has 218 valence electrons. The third-order valence-electron chi connectivity index (χ3n) is 7.69. The van der Waals surface area contributed by atoms with Gasteiger partial charge in [0.15, 0.2) is 17.4 Å². The van der Waals surface area contributed by atoms with Crippen molar-refractivity contribution in [3.63, 3.8) is 0 Å². The highest BCUT2D eigenvalue weighted by Crippen LogP contribution is 2.33. The summed E-state index contributed by atoms with van der Waals surface area (Å²) >= 11 is 5.78. The zero-order chi connectivity index (χ0) is 29.4. The van der Waals surface area contributed by atoms with Gasteiger partial charge in [0.25, 0.3) is 0 Å². The summed E-state index contributed by atoms with van der Waals surface area (Å²) in [6.07, 6.45) is 3.38. The summed E-state index contributed by atoms with van der Waals surface area (Å²) < 4.78 is 57.2. The van der Waals surface area contributed by atoms with Gasteiger partial charge in [0.2, 0.25) is 0 Å². The molecule has 11 heteroatoms. The van der Waals surface area contributed by atoms with Gasteiger partial charge in [-0.1, -0.05) is 23.7 Å². The molecule has 0 bridgehead atoms. The Bertz CT molecular complexity index is 1700. The minimum absolute atomic E-state index is 0.0524. The lowest BCUT2D eigenvalue weighted by Crippen LogP contribution is -2.33. The summed E-state index contributed by atoms with van der Waals surface area (Å²) in [5.41, 5.74) is 2.73. The normalized spacial score (nSPS) is 17.2. The number of aromatic nitrogens is 2. The summed E-state index contributed by atoms with van der Waals surface area (Å²) in [5, 5.41) is 9.68. The zero-order valence-corrected chi connectivity index (χ0v) is 23.2. The first kappa shape index (κ1) is 28.3. The molecular weight excluding hydrogens is 571 g/mol. The highest BCUT2D eigenvalue weighted by molar-refractivity contribution is 6.30. The lowest BCUT2D eigenvalue weighted by atomic mass is 9.98. The molecule has 1 saturated heterocycles. The van der Waals surface area contributed by atoms with E-state index < -0.39 is 29.2 Å². The van der Waals surface area contributed by atoms with E-state index in [1.807, 2.05) is 10.6 Å². The van der Waals surface area contributed by atoms with Crippen molar-refractivity contribution in [1.29, 1.82) is 0 Å². The molecule has 1 atom stereocenters. The Hall–Kier alpha value is -3.86. The number of imidazole rings is 1. The molecule has 0 spiro atoms. The summed E-state index contributed by atoms with van der Waals surface area (Å²) in [4.78, 5) is 18.5. The van der Waals surface area contributed by atoms with Crippen LogP contribution in [0.1, 0.15) is 40.2 Å². The molecule has 4 aromatic rings. The van der Waals surface area contributed by atoms with Gasteiger partial charge in [-0.3, -0.25) is 4.90 Å². The fraction of sp³-hybridized carbons (Fsp3) is 0.290. The van der Waals surface area contributed by atoms with Crippen molar-refractivity contribution < 1.29 is 32.5 Å². The highest BCUT2D eigenvalue weighted by Gasteiger charge is 2.25. The molecule has 1 unspecified atom stereocenters. The predicted molar refractivity (Wildman–Crippen MR) is 151 cm³/mol. The van der Waals surface area contributed by atoms with Crippen LogP contribution in [0.5, 0.6) is 5.75 Å². The molecule has 1 aromatic heterocycles. The van der Waals surface area contributed by atoms with Crippen LogP contribution in [0.15, 0.2) is 54.6 Å². The number of hydrogen-bond acceptors (Lipinski definition) is 5. The van der Waals surface area contributed by atoms with E-state index in [1.165, 1.54) is 18.2 Å². The number of rotatable bonds is 9. The quantitative estimate of drug-likeness (QED) is 0.239. The topological polar surface area (TPSA) is 76.8 Å². The second-order valence-electron chi connectivity index (χ2n) is 10.4. The van der Waals surface area contributed by atoms with E-state index in [4.69, 9.17) is 26.1 Å². The van der Waals surface area contributed by atoms with Gasteiger partial charge < -0.3 is 19.1 Å². The van der Waals surface area contributed by atoms with Gasteiger partial charge in [-0.25, -0.2) is 22.9 Å². The van der Waals surface area contributed by atoms with Crippen molar-refractivity contribution in [2.24, 2.45) is 0 Å². The fourth-order valence-electron chi connectivity index (χ4n) is 5.26. The summed E-state index contributed by atoms with van der Waals surface area (Å²) in [7, 11) is 0. The van der Waals surface area contributed by atoms with Crippen LogP contribution in [-0.2, 0) is 24.4 Å². The van der Waals surface area contributed by atoms with E-state index >= 15 is 4.39 Å². The Morgan fingerprint density at radius 2 is 1.95 bits per heavy atom. The van der Waals surface area contributed by atoms with Crippen LogP contribution < -0.4 is 4.74 Å². The second kappa shape index (κ2) is 11.8. The maximum Gasteiger partial charge on any atom is 0.335 e. The second-order valence-corrected chi connectivity index (χ2v) is 10.8. The summed E-state index contributed by atoms with van der Waals surface area (Å²) in [6.45, 7) is 2.53. The summed E-state index contributed by atoms with van der Waals surface area (Å²) in [5.74, 6) is -3.09. The molecule has 2 aliphatic rings. The van der Waals surface area contributed by atoms with E-state index in [1.54, 1.807) is 18.2 Å². The molecule has 3 aromatic carbocycles. The van der Waals surface area contributed by atoms with Gasteiger partial charge >= 0.3 is 5.97 Å². The number of nitrogens with zero attached hydrogens (tertiary/aromatic N) is 3. The average Bonchev–Trinajstić information content (AvgIpc) is 3.28. The van der Waals surface area contributed by atoms with Crippen LogP contribution in [0.3, 0.4) is 0 Å². The minimum Gasteiger partial charge on any atom is -0.483 e. The average molecular weight is 598 g/mol. The Labute approximate surface area is 244 Å². The van der Waals surface area contributed by atoms with Crippen molar-refractivity contribution >= 4 is 34.2 Å². The van der Waals surface area contributed by atoms with E-state index in [0.29, 0.717) is 50.3 Å². The lowest BCUT2D eigenvalue weighted by molar-refractivity contribution is -0.0591. The maximum absolute atomic E-state index is 15.4. The van der Waals surface area contributed by atoms with Crippen molar-refractivity contribution in [2.75, 3.05) is 19.7 Å². The van der Waals surface area contributed by atoms with Crippen molar-refractivity contribution in [3.8, 4) is 5.75 Å². The number of carboxylic acid groups (broad SMARTS) is 1. The molecular formula is C31H27ClF3N3O4. The first-order valence-corrected chi connectivity index (χ1v) is 13.9. The molecule has 0 aliphatic carbocycles. The molecule has 6 rings (SSSR count). The van der Waals surface area contributed by atoms with E-state index in [2.05, 4.69) is 4.90 Å². The number of hydrogen-bond donors (Lipinski definition) is 1. The standard InChI is InChI=1S/C31H27ClF3N3O4/c32-21-3-1-20(25(34)14-21)17-42-30-24(33)5-4-23(29(30)35)18-7-10-37(11-8-18)16-28-36-26-6-2-19(31(39)40)13-27(26)38(28)15-22-9-12-41-22/h1-7,13-14,22H,8-12,15-17H2,(H,39,40). The van der Waals surface area contributed by atoms with E-state index in [-0.39, 0.29) is 34.4 Å². The van der Waals surface area contributed by atoms with Gasteiger partial charge in [-0.15, -0.1) is 0 Å². The van der Waals surface area contributed by atoms with Crippen molar-refractivity contribution in [1.82, 2.24) is 14.5 Å². The third kappa shape index (κ3) is 5.74. The molecule has 3 heterocycles. The molecule has 7 nitrogen and oxygen atoms in total. The molecule has 0 radical (unpaired) electrons. The Morgan fingerprint density at radius 1 is 1.12 bits per heavy atom. The number of carboxylic acids is 1. The first-order chi connectivity index (χ1) is 20.3. The number of fused-ring (bicyclic) bond motifs is 1. The number of benzene rings is 3. The van der Waals surface area contributed by atoms with Crippen LogP contribution in [0.2, 0.25) is 5.02 Å². The molecule has 0 amide bonds. The molecule has 1 fully saturated rings. The monoisotopic (exact) mass is 597 g/mol. The molecule has 42 heavy (non-hydrogen) atoms.